The highest BCUT2D eigenvalue weighted by molar-refractivity contribution is 5.91. The summed E-state index contributed by atoms with van der Waals surface area (Å²) in [6.45, 7) is 7.63. The van der Waals surface area contributed by atoms with E-state index < -0.39 is 0 Å². The predicted octanol–water partition coefficient (Wildman–Crippen LogP) is 1.98. The van der Waals surface area contributed by atoms with Gasteiger partial charge in [0, 0.05) is 32.2 Å². The summed E-state index contributed by atoms with van der Waals surface area (Å²) in [4.78, 5) is 28.6. The highest BCUT2D eigenvalue weighted by atomic mass is 16.3. The van der Waals surface area contributed by atoms with Crippen LogP contribution in [0.4, 0.5) is 0 Å². The third kappa shape index (κ3) is 4.42. The van der Waals surface area contributed by atoms with E-state index in [0.29, 0.717) is 43.3 Å². The maximum absolute atomic E-state index is 12.4. The van der Waals surface area contributed by atoms with E-state index in [1.54, 1.807) is 17.0 Å². The zero-order valence-electron chi connectivity index (χ0n) is 15.2. The van der Waals surface area contributed by atoms with Crippen LogP contribution in [0, 0.1) is 11.8 Å². The summed E-state index contributed by atoms with van der Waals surface area (Å²) in [5, 5.41) is 3.23. The third-order valence-corrected chi connectivity index (χ3v) is 5.81. The molecule has 3 rings (SSSR count). The standard InChI is InChI=1S/C19H29N3O3/c1-14-5-3-6-16(15(14)2)20-18(23)13-21-8-10-22(11-9-21)19(24)17-7-4-12-25-17/h4,7,12,14-16H,3,5-6,8-11,13H2,1-2H3,(H,20,23)/t14-,15+,16+/m1/s1. The molecule has 1 aromatic rings. The van der Waals surface area contributed by atoms with Crippen molar-refractivity contribution in [1.82, 2.24) is 15.1 Å². The van der Waals surface area contributed by atoms with E-state index in [9.17, 15) is 9.59 Å². The van der Waals surface area contributed by atoms with E-state index in [1.165, 1.54) is 19.1 Å². The molecule has 138 valence electrons. The molecule has 1 saturated heterocycles. The van der Waals surface area contributed by atoms with Crippen molar-refractivity contribution in [3.05, 3.63) is 24.2 Å². The molecule has 25 heavy (non-hydrogen) atoms. The summed E-state index contributed by atoms with van der Waals surface area (Å²) in [6, 6.07) is 3.72. The van der Waals surface area contributed by atoms with Crippen LogP contribution in [0.25, 0.3) is 0 Å². The van der Waals surface area contributed by atoms with E-state index in [2.05, 4.69) is 24.1 Å². The SMILES string of the molecule is C[C@H]1[C@H](C)CCC[C@@H]1NC(=O)CN1CCN(C(=O)c2ccco2)CC1. The van der Waals surface area contributed by atoms with Crippen molar-refractivity contribution in [3.8, 4) is 0 Å². The minimum absolute atomic E-state index is 0.0703. The van der Waals surface area contributed by atoms with Gasteiger partial charge >= 0.3 is 0 Å². The number of carbonyl (C=O) groups is 2. The molecule has 0 spiro atoms. The first kappa shape index (κ1) is 18.0. The van der Waals surface area contributed by atoms with Gasteiger partial charge in [0.25, 0.3) is 5.91 Å². The van der Waals surface area contributed by atoms with Crippen LogP contribution < -0.4 is 5.32 Å². The number of carbonyl (C=O) groups excluding carboxylic acids is 2. The second-order valence-corrected chi connectivity index (χ2v) is 7.49. The highest BCUT2D eigenvalue weighted by Gasteiger charge is 2.29. The molecule has 1 aromatic heterocycles. The minimum Gasteiger partial charge on any atom is -0.459 e. The van der Waals surface area contributed by atoms with Crippen LogP contribution in [0.5, 0.6) is 0 Å². The quantitative estimate of drug-likeness (QED) is 0.904. The Bertz CT molecular complexity index is 579. The van der Waals surface area contributed by atoms with Crippen LogP contribution in [0.2, 0.25) is 0 Å². The summed E-state index contributed by atoms with van der Waals surface area (Å²) in [5.41, 5.74) is 0. The number of amides is 2. The van der Waals surface area contributed by atoms with Crippen molar-refractivity contribution < 1.29 is 14.0 Å². The van der Waals surface area contributed by atoms with Crippen molar-refractivity contribution in [3.63, 3.8) is 0 Å². The van der Waals surface area contributed by atoms with Crippen LogP contribution in [0.3, 0.4) is 0 Å². The fourth-order valence-corrected chi connectivity index (χ4v) is 3.91. The molecule has 0 bridgehead atoms. The van der Waals surface area contributed by atoms with Crippen molar-refractivity contribution in [2.75, 3.05) is 32.7 Å². The Morgan fingerprint density at radius 1 is 1.20 bits per heavy atom. The molecule has 2 amide bonds. The monoisotopic (exact) mass is 347 g/mol. The molecule has 1 saturated carbocycles. The molecule has 2 aliphatic rings. The van der Waals surface area contributed by atoms with Gasteiger partial charge in [0.1, 0.15) is 0 Å². The van der Waals surface area contributed by atoms with Gasteiger partial charge in [-0.15, -0.1) is 0 Å². The average Bonchev–Trinajstić information content (AvgIpc) is 3.13. The summed E-state index contributed by atoms with van der Waals surface area (Å²) >= 11 is 0. The van der Waals surface area contributed by atoms with Gasteiger partial charge in [-0.1, -0.05) is 26.7 Å². The number of nitrogens with zero attached hydrogens (tertiary/aromatic N) is 2. The number of hydrogen-bond donors (Lipinski definition) is 1. The molecule has 1 aliphatic carbocycles. The van der Waals surface area contributed by atoms with Crippen molar-refractivity contribution in [2.45, 2.75) is 39.2 Å². The van der Waals surface area contributed by atoms with Crippen LogP contribution in [0.15, 0.2) is 22.8 Å². The molecular formula is C19H29N3O3. The lowest BCUT2D eigenvalue weighted by atomic mass is 9.78. The summed E-state index contributed by atoms with van der Waals surface area (Å²) < 4.78 is 5.17. The lowest BCUT2D eigenvalue weighted by molar-refractivity contribution is -0.124. The van der Waals surface area contributed by atoms with Gasteiger partial charge in [-0.2, -0.15) is 0 Å². The number of nitrogens with one attached hydrogen (secondary N) is 1. The first-order valence-electron chi connectivity index (χ1n) is 9.39. The molecule has 1 N–H and O–H groups in total. The Morgan fingerprint density at radius 2 is 1.96 bits per heavy atom. The first-order chi connectivity index (χ1) is 12.0. The zero-order valence-corrected chi connectivity index (χ0v) is 15.2. The fourth-order valence-electron chi connectivity index (χ4n) is 3.91. The van der Waals surface area contributed by atoms with Gasteiger partial charge in [-0.05, 0) is 30.4 Å². The molecular weight excluding hydrogens is 318 g/mol. The van der Waals surface area contributed by atoms with Gasteiger partial charge in [-0.3, -0.25) is 14.5 Å². The maximum Gasteiger partial charge on any atom is 0.289 e. The van der Waals surface area contributed by atoms with Gasteiger partial charge in [0.2, 0.25) is 5.91 Å². The molecule has 1 aliphatic heterocycles. The second-order valence-electron chi connectivity index (χ2n) is 7.49. The van der Waals surface area contributed by atoms with E-state index in [-0.39, 0.29) is 11.8 Å². The number of rotatable bonds is 4. The van der Waals surface area contributed by atoms with E-state index in [4.69, 9.17) is 4.42 Å². The van der Waals surface area contributed by atoms with Crippen LogP contribution >= 0.6 is 0 Å². The lowest BCUT2D eigenvalue weighted by Crippen LogP contribution is -2.53. The van der Waals surface area contributed by atoms with E-state index in [1.807, 2.05) is 0 Å². The fraction of sp³-hybridized carbons (Fsp3) is 0.684. The number of piperazine rings is 1. The molecule has 0 unspecified atom stereocenters. The second kappa shape index (κ2) is 8.04. The van der Waals surface area contributed by atoms with E-state index >= 15 is 0 Å². The average molecular weight is 347 g/mol. The molecule has 2 fully saturated rings. The van der Waals surface area contributed by atoms with Gasteiger partial charge in [0.05, 0.1) is 12.8 Å². The van der Waals surface area contributed by atoms with Gasteiger partial charge < -0.3 is 14.6 Å². The van der Waals surface area contributed by atoms with E-state index in [0.717, 1.165) is 19.5 Å². The number of furan rings is 1. The normalized spacial score (nSPS) is 27.9. The first-order valence-corrected chi connectivity index (χ1v) is 9.39. The Kier molecular flexibility index (Phi) is 5.78. The Morgan fingerprint density at radius 3 is 2.64 bits per heavy atom. The lowest BCUT2D eigenvalue weighted by Gasteiger charge is -2.36. The summed E-state index contributed by atoms with van der Waals surface area (Å²) in [7, 11) is 0. The van der Waals surface area contributed by atoms with Crippen LogP contribution in [-0.2, 0) is 4.79 Å². The number of hydrogen-bond acceptors (Lipinski definition) is 4. The summed E-state index contributed by atoms with van der Waals surface area (Å²) in [6.07, 6.45) is 5.06. The maximum atomic E-state index is 12.4. The molecule has 3 atom stereocenters. The molecule has 6 heteroatoms. The predicted molar refractivity (Wildman–Crippen MR) is 95.2 cm³/mol. The molecule has 0 aromatic carbocycles. The zero-order chi connectivity index (χ0) is 17.8. The van der Waals surface area contributed by atoms with Crippen molar-refractivity contribution >= 4 is 11.8 Å². The van der Waals surface area contributed by atoms with Crippen molar-refractivity contribution in [1.29, 1.82) is 0 Å². The summed E-state index contributed by atoms with van der Waals surface area (Å²) in [5.74, 6) is 1.64. The molecule has 6 nitrogen and oxygen atoms in total. The van der Waals surface area contributed by atoms with Crippen LogP contribution in [-0.4, -0.2) is 60.4 Å². The minimum atomic E-state index is -0.0703. The van der Waals surface area contributed by atoms with Crippen LogP contribution in [0.1, 0.15) is 43.7 Å². The Labute approximate surface area is 149 Å². The van der Waals surface area contributed by atoms with Gasteiger partial charge in [0.15, 0.2) is 5.76 Å². The Balaban J connectivity index is 1.42. The smallest absolute Gasteiger partial charge is 0.289 e. The largest absolute Gasteiger partial charge is 0.459 e. The topological polar surface area (TPSA) is 65.8 Å². The highest BCUT2D eigenvalue weighted by Crippen LogP contribution is 2.29. The van der Waals surface area contributed by atoms with Gasteiger partial charge in [-0.25, -0.2) is 0 Å². The molecule has 2 heterocycles. The Hall–Kier alpha value is -1.82. The third-order valence-electron chi connectivity index (χ3n) is 5.81. The molecule has 0 radical (unpaired) electrons. The van der Waals surface area contributed by atoms with Crippen molar-refractivity contribution in [2.24, 2.45) is 11.8 Å².